The number of rotatable bonds is 8. The van der Waals surface area contributed by atoms with Crippen LogP contribution in [0.15, 0.2) is 24.3 Å². The van der Waals surface area contributed by atoms with Gasteiger partial charge in [-0.2, -0.15) is 0 Å². The summed E-state index contributed by atoms with van der Waals surface area (Å²) in [6.45, 7) is 26.1. The van der Waals surface area contributed by atoms with E-state index in [1.54, 1.807) is 0 Å². The number of anilines is 2. The zero-order valence-corrected chi connectivity index (χ0v) is 26.4. The molecule has 0 radical (unpaired) electrons. The summed E-state index contributed by atoms with van der Waals surface area (Å²) in [6, 6.07) is 10.2. The second-order valence-electron chi connectivity index (χ2n) is 12.9. The van der Waals surface area contributed by atoms with Gasteiger partial charge in [0.2, 0.25) is 0 Å². The van der Waals surface area contributed by atoms with Gasteiger partial charge in [-0.25, -0.2) is 0 Å². The summed E-state index contributed by atoms with van der Waals surface area (Å²) in [7, 11) is 8.23. The monoisotopic (exact) mass is 496 g/mol. The third-order valence-corrected chi connectivity index (χ3v) is 9.77. The average Bonchev–Trinajstić information content (AvgIpc) is 2.70. The van der Waals surface area contributed by atoms with Crippen LogP contribution in [0.25, 0.3) is 0 Å². The van der Waals surface area contributed by atoms with E-state index in [9.17, 15) is 0 Å². The number of benzene rings is 2. The molecular formula is C32H53N2P. The highest BCUT2D eigenvalue weighted by atomic mass is 31.1. The van der Waals surface area contributed by atoms with E-state index in [2.05, 4.69) is 138 Å². The van der Waals surface area contributed by atoms with Crippen LogP contribution in [-0.4, -0.2) is 33.3 Å². The van der Waals surface area contributed by atoms with Crippen LogP contribution in [0.3, 0.4) is 0 Å². The Balaban J connectivity index is 2.99. The van der Waals surface area contributed by atoms with Crippen molar-refractivity contribution in [3.8, 4) is 0 Å². The Bertz CT molecular complexity index is 873. The first-order valence-electron chi connectivity index (χ1n) is 13.5. The summed E-state index contributed by atoms with van der Waals surface area (Å²) in [4.78, 5) is 4.65. The molecule has 2 nitrogen and oxygen atoms in total. The van der Waals surface area contributed by atoms with E-state index < -0.39 is 7.92 Å². The van der Waals surface area contributed by atoms with Gasteiger partial charge in [-0.15, -0.1) is 0 Å². The van der Waals surface area contributed by atoms with Gasteiger partial charge in [-0.1, -0.05) is 76.2 Å². The first-order valence-corrected chi connectivity index (χ1v) is 14.8. The molecule has 0 saturated carbocycles. The fourth-order valence-electron chi connectivity index (χ4n) is 5.30. The van der Waals surface area contributed by atoms with Gasteiger partial charge < -0.3 is 9.80 Å². The van der Waals surface area contributed by atoms with Crippen molar-refractivity contribution < 1.29 is 0 Å². The minimum Gasteiger partial charge on any atom is -0.377 e. The molecule has 0 aromatic heterocycles. The molecule has 0 heterocycles. The third-order valence-electron chi connectivity index (χ3n) is 6.88. The molecule has 0 bridgehead atoms. The summed E-state index contributed by atoms with van der Waals surface area (Å²) in [5.74, 6) is 1.93. The smallest absolute Gasteiger partial charge is 0.0431 e. The molecule has 0 unspecified atom stereocenters. The van der Waals surface area contributed by atoms with Crippen LogP contribution in [0, 0.1) is 0 Å². The highest BCUT2D eigenvalue weighted by molar-refractivity contribution is 7.74. The first kappa shape index (κ1) is 29.7. The lowest BCUT2D eigenvalue weighted by molar-refractivity contribution is 0.791. The van der Waals surface area contributed by atoms with Crippen molar-refractivity contribution in [3.05, 3.63) is 46.5 Å². The van der Waals surface area contributed by atoms with Crippen molar-refractivity contribution in [3.63, 3.8) is 0 Å². The zero-order chi connectivity index (χ0) is 27.0. The molecule has 196 valence electrons. The van der Waals surface area contributed by atoms with Crippen LogP contribution in [0.2, 0.25) is 0 Å². The topological polar surface area (TPSA) is 6.48 Å². The fraction of sp³-hybridized carbons (Fsp3) is 0.625. The van der Waals surface area contributed by atoms with Gasteiger partial charge in [-0.3, -0.25) is 0 Å². The van der Waals surface area contributed by atoms with Gasteiger partial charge in [0, 0.05) is 39.6 Å². The largest absolute Gasteiger partial charge is 0.377 e. The predicted molar refractivity (Wildman–Crippen MR) is 164 cm³/mol. The minimum atomic E-state index is -0.556. The first-order chi connectivity index (χ1) is 16.0. The Morgan fingerprint density at radius 3 is 0.886 bits per heavy atom. The van der Waals surface area contributed by atoms with Crippen molar-refractivity contribution in [2.24, 2.45) is 0 Å². The molecule has 0 N–H and O–H groups in total. The number of hydrogen-bond acceptors (Lipinski definition) is 2. The van der Waals surface area contributed by atoms with E-state index in [0.717, 1.165) is 0 Å². The molecule has 3 heteroatoms. The Morgan fingerprint density at radius 2 is 0.743 bits per heavy atom. The van der Waals surface area contributed by atoms with Crippen LogP contribution in [0.1, 0.15) is 122 Å². The second kappa shape index (κ2) is 11.2. The van der Waals surface area contributed by atoms with Crippen LogP contribution < -0.4 is 20.4 Å². The second-order valence-corrected chi connectivity index (χ2v) is 15.9. The van der Waals surface area contributed by atoms with E-state index >= 15 is 0 Å². The molecule has 0 fully saturated rings. The molecule has 35 heavy (non-hydrogen) atoms. The van der Waals surface area contributed by atoms with E-state index in [-0.39, 0.29) is 5.16 Å². The summed E-state index contributed by atoms with van der Waals surface area (Å²) in [5, 5.41) is 3.19. The van der Waals surface area contributed by atoms with E-state index in [4.69, 9.17) is 0 Å². The molecule has 0 aliphatic heterocycles. The molecule has 2 aromatic carbocycles. The molecular weight excluding hydrogens is 443 g/mol. The lowest BCUT2D eigenvalue weighted by Crippen LogP contribution is -2.29. The third kappa shape index (κ3) is 6.43. The Hall–Kier alpha value is -1.53. The van der Waals surface area contributed by atoms with Gasteiger partial charge >= 0.3 is 0 Å². The number of hydrogen-bond donors (Lipinski definition) is 0. The van der Waals surface area contributed by atoms with Crippen molar-refractivity contribution in [2.75, 3.05) is 38.0 Å². The lowest BCUT2D eigenvalue weighted by atomic mass is 9.92. The predicted octanol–water partition coefficient (Wildman–Crippen LogP) is 8.54. The molecule has 2 aromatic rings. The highest BCUT2D eigenvalue weighted by Crippen LogP contribution is 2.51. The summed E-state index contributed by atoms with van der Waals surface area (Å²) in [6.07, 6.45) is 0. The SMILES string of the molecule is CC(C)c1cc(P(c2cc(C(C)C)c(N(C)C)c(C(C)C)c2)C(C)(C)C)cc(C(C)C)c1N(C)C. The average molecular weight is 497 g/mol. The molecule has 0 spiro atoms. The Labute approximate surface area is 219 Å². The van der Waals surface area contributed by atoms with Crippen LogP contribution >= 0.6 is 7.92 Å². The van der Waals surface area contributed by atoms with Crippen molar-refractivity contribution in [1.82, 2.24) is 0 Å². The van der Waals surface area contributed by atoms with Gasteiger partial charge in [-0.05, 0) is 93.9 Å². The normalized spacial score (nSPS) is 12.6. The zero-order valence-electron chi connectivity index (χ0n) is 25.5. The van der Waals surface area contributed by atoms with Gasteiger partial charge in [0.05, 0.1) is 0 Å². The molecule has 0 saturated heterocycles. The summed E-state index contributed by atoms with van der Waals surface area (Å²) >= 11 is 0. The lowest BCUT2D eigenvalue weighted by Gasteiger charge is -2.36. The molecule has 0 aliphatic carbocycles. The van der Waals surface area contributed by atoms with Crippen LogP contribution in [-0.2, 0) is 0 Å². The maximum absolute atomic E-state index is 2.55. The number of nitrogens with zero attached hydrogens (tertiary/aromatic N) is 2. The maximum atomic E-state index is 2.55. The standard InChI is InChI=1S/C32H53N2P/c1-20(2)26-16-24(17-27(21(3)4)30(26)33(12)13)35(32(9,10)11)25-18-28(22(5)6)31(34(14)15)29(19-25)23(7)8/h16-23H,1-15H3. The quantitative estimate of drug-likeness (QED) is 0.338. The van der Waals surface area contributed by atoms with Gasteiger partial charge in [0.15, 0.2) is 0 Å². The van der Waals surface area contributed by atoms with Crippen LogP contribution in [0.4, 0.5) is 11.4 Å². The van der Waals surface area contributed by atoms with Crippen LogP contribution in [0.5, 0.6) is 0 Å². The van der Waals surface area contributed by atoms with Gasteiger partial charge in [0.1, 0.15) is 0 Å². The Kier molecular flexibility index (Phi) is 9.54. The highest BCUT2D eigenvalue weighted by Gasteiger charge is 2.32. The van der Waals surface area contributed by atoms with E-state index in [1.807, 2.05) is 0 Å². The molecule has 0 atom stereocenters. The molecule has 2 rings (SSSR count). The van der Waals surface area contributed by atoms with Gasteiger partial charge in [0.25, 0.3) is 0 Å². The fourth-order valence-corrected chi connectivity index (χ4v) is 8.22. The summed E-state index contributed by atoms with van der Waals surface area (Å²) < 4.78 is 0. The van der Waals surface area contributed by atoms with E-state index in [1.165, 1.54) is 44.2 Å². The molecule has 0 amide bonds. The van der Waals surface area contributed by atoms with Crippen molar-refractivity contribution in [2.45, 2.75) is 105 Å². The Morgan fingerprint density at radius 1 is 0.514 bits per heavy atom. The molecule has 0 aliphatic rings. The van der Waals surface area contributed by atoms with Crippen molar-refractivity contribution in [1.29, 1.82) is 0 Å². The summed E-state index contributed by atoms with van der Waals surface area (Å²) in [5.41, 5.74) is 8.74. The van der Waals surface area contributed by atoms with Crippen molar-refractivity contribution >= 4 is 29.9 Å². The maximum Gasteiger partial charge on any atom is 0.0431 e. The van der Waals surface area contributed by atoms with E-state index in [0.29, 0.717) is 23.7 Å². The minimum absolute atomic E-state index is 0.152.